The highest BCUT2D eigenvalue weighted by molar-refractivity contribution is 7.14. The number of nitrogens with zero attached hydrogens (tertiary/aromatic N) is 1. The summed E-state index contributed by atoms with van der Waals surface area (Å²) in [5.74, 6) is 0.704. The van der Waals surface area contributed by atoms with Crippen molar-refractivity contribution in [2.24, 2.45) is 0 Å². The molecule has 0 spiro atoms. The van der Waals surface area contributed by atoms with Crippen LogP contribution >= 0.6 is 11.3 Å². The molecule has 2 N–H and O–H groups in total. The Labute approximate surface area is 171 Å². The number of rotatable bonds is 5. The van der Waals surface area contributed by atoms with Gasteiger partial charge in [-0.1, -0.05) is 12.1 Å². The van der Waals surface area contributed by atoms with Crippen LogP contribution in [0.2, 0.25) is 0 Å². The van der Waals surface area contributed by atoms with Crippen LogP contribution in [-0.2, 0) is 11.2 Å². The van der Waals surface area contributed by atoms with Crippen LogP contribution < -0.4 is 20.1 Å². The van der Waals surface area contributed by atoms with Crippen molar-refractivity contribution in [1.29, 1.82) is 0 Å². The van der Waals surface area contributed by atoms with Gasteiger partial charge in [0.2, 0.25) is 12.7 Å². The minimum Gasteiger partial charge on any atom is -0.454 e. The summed E-state index contributed by atoms with van der Waals surface area (Å²) in [6.45, 7) is 4.08. The predicted octanol–water partition coefficient (Wildman–Crippen LogP) is 3.92. The van der Waals surface area contributed by atoms with Crippen LogP contribution in [0.5, 0.6) is 11.5 Å². The van der Waals surface area contributed by atoms with Gasteiger partial charge in [-0.25, -0.2) is 4.98 Å². The van der Waals surface area contributed by atoms with Gasteiger partial charge in [0.1, 0.15) is 0 Å². The third kappa shape index (κ3) is 4.38. The van der Waals surface area contributed by atoms with Gasteiger partial charge in [-0.05, 0) is 49.2 Å². The zero-order chi connectivity index (χ0) is 20.4. The number of hydrogen-bond donors (Lipinski definition) is 2. The van der Waals surface area contributed by atoms with E-state index in [0.717, 1.165) is 16.8 Å². The van der Waals surface area contributed by atoms with E-state index in [-0.39, 0.29) is 25.0 Å². The van der Waals surface area contributed by atoms with Gasteiger partial charge in [0, 0.05) is 16.6 Å². The van der Waals surface area contributed by atoms with Crippen molar-refractivity contribution in [1.82, 2.24) is 4.98 Å². The second-order valence-corrected chi connectivity index (χ2v) is 7.57. The Bertz CT molecular complexity index is 1090. The summed E-state index contributed by atoms with van der Waals surface area (Å²) in [6.07, 6.45) is 0.129. The maximum atomic E-state index is 12.4. The van der Waals surface area contributed by atoms with Gasteiger partial charge in [-0.2, -0.15) is 0 Å². The van der Waals surface area contributed by atoms with Gasteiger partial charge in [-0.3, -0.25) is 14.9 Å². The van der Waals surface area contributed by atoms with Gasteiger partial charge in [-0.15, -0.1) is 11.3 Å². The number of ether oxygens (including phenoxy) is 2. The lowest BCUT2D eigenvalue weighted by Crippen LogP contribution is -2.16. The number of carbonyl (C=O) groups is 2. The molecular weight excluding hydrogens is 390 g/mol. The van der Waals surface area contributed by atoms with Crippen molar-refractivity contribution < 1.29 is 19.1 Å². The first kappa shape index (κ1) is 18.9. The van der Waals surface area contributed by atoms with Gasteiger partial charge in [0.05, 0.1) is 12.1 Å². The summed E-state index contributed by atoms with van der Waals surface area (Å²) < 4.78 is 10.5. The molecule has 0 unspecified atom stereocenters. The molecule has 148 valence electrons. The normalized spacial score (nSPS) is 11.9. The highest BCUT2D eigenvalue weighted by atomic mass is 32.1. The fraction of sp³-hybridized carbons (Fsp3) is 0.190. The van der Waals surface area contributed by atoms with Crippen molar-refractivity contribution >= 4 is 34.0 Å². The number of benzene rings is 2. The molecule has 4 rings (SSSR count). The first-order chi connectivity index (χ1) is 14.0. The molecule has 0 saturated carbocycles. The molecule has 2 amide bonds. The Hall–Kier alpha value is -3.39. The lowest BCUT2D eigenvalue weighted by molar-refractivity contribution is -0.115. The molecule has 0 radical (unpaired) electrons. The minimum absolute atomic E-state index is 0.129. The van der Waals surface area contributed by atoms with E-state index in [1.807, 2.05) is 32.0 Å². The molecule has 0 aliphatic carbocycles. The third-order valence-corrected chi connectivity index (χ3v) is 5.22. The number of amides is 2. The zero-order valence-electron chi connectivity index (χ0n) is 15.9. The van der Waals surface area contributed by atoms with E-state index >= 15 is 0 Å². The molecule has 1 aliphatic heterocycles. The quantitative estimate of drug-likeness (QED) is 0.667. The molecule has 2 heterocycles. The SMILES string of the molecule is Cc1ccc(C)c(NC(=O)Cc2csc(NC(=O)c3ccc4c(c3)OCO4)n2)c1. The van der Waals surface area contributed by atoms with Crippen LogP contribution in [0.25, 0.3) is 0 Å². The van der Waals surface area contributed by atoms with Crippen molar-refractivity contribution in [2.45, 2.75) is 20.3 Å². The van der Waals surface area contributed by atoms with E-state index in [0.29, 0.717) is 27.9 Å². The Balaban J connectivity index is 1.37. The van der Waals surface area contributed by atoms with Crippen molar-refractivity contribution in [3.63, 3.8) is 0 Å². The van der Waals surface area contributed by atoms with Gasteiger partial charge < -0.3 is 14.8 Å². The molecule has 8 heteroatoms. The van der Waals surface area contributed by atoms with Crippen LogP contribution in [0.3, 0.4) is 0 Å². The van der Waals surface area contributed by atoms with Gasteiger partial charge in [0.25, 0.3) is 5.91 Å². The van der Waals surface area contributed by atoms with Crippen molar-refractivity contribution in [2.75, 3.05) is 17.4 Å². The van der Waals surface area contributed by atoms with E-state index in [9.17, 15) is 9.59 Å². The average molecular weight is 409 g/mol. The van der Waals surface area contributed by atoms with E-state index in [2.05, 4.69) is 15.6 Å². The summed E-state index contributed by atoms with van der Waals surface area (Å²) in [5.41, 5.74) is 3.91. The monoisotopic (exact) mass is 409 g/mol. The van der Waals surface area contributed by atoms with Crippen LogP contribution in [0.4, 0.5) is 10.8 Å². The summed E-state index contributed by atoms with van der Waals surface area (Å²) in [4.78, 5) is 29.1. The van der Waals surface area contributed by atoms with E-state index < -0.39 is 0 Å². The summed E-state index contributed by atoms with van der Waals surface area (Å²) in [6, 6.07) is 10.9. The largest absolute Gasteiger partial charge is 0.454 e. The molecule has 1 aliphatic rings. The molecule has 0 atom stereocenters. The second-order valence-electron chi connectivity index (χ2n) is 6.71. The van der Waals surface area contributed by atoms with Crippen LogP contribution in [-0.4, -0.2) is 23.6 Å². The Morgan fingerprint density at radius 3 is 2.76 bits per heavy atom. The highest BCUT2D eigenvalue weighted by Gasteiger charge is 2.17. The Morgan fingerprint density at radius 2 is 1.90 bits per heavy atom. The fourth-order valence-corrected chi connectivity index (χ4v) is 3.59. The lowest BCUT2D eigenvalue weighted by Gasteiger charge is -2.08. The topological polar surface area (TPSA) is 89.6 Å². The van der Waals surface area contributed by atoms with E-state index in [1.54, 1.807) is 23.6 Å². The predicted molar refractivity (Wildman–Crippen MR) is 111 cm³/mol. The number of thiazole rings is 1. The van der Waals surface area contributed by atoms with Gasteiger partial charge >= 0.3 is 0 Å². The number of nitrogens with one attached hydrogen (secondary N) is 2. The Morgan fingerprint density at radius 1 is 1.07 bits per heavy atom. The van der Waals surface area contributed by atoms with Crippen LogP contribution in [0.1, 0.15) is 27.2 Å². The molecule has 0 bridgehead atoms. The van der Waals surface area contributed by atoms with E-state index in [1.165, 1.54) is 11.3 Å². The van der Waals surface area contributed by atoms with Gasteiger partial charge in [0.15, 0.2) is 16.6 Å². The smallest absolute Gasteiger partial charge is 0.257 e. The van der Waals surface area contributed by atoms with Crippen molar-refractivity contribution in [3.8, 4) is 11.5 Å². The number of anilines is 2. The Kier molecular flexibility index (Phi) is 5.18. The summed E-state index contributed by atoms with van der Waals surface area (Å²) in [7, 11) is 0. The first-order valence-electron chi connectivity index (χ1n) is 9.00. The van der Waals surface area contributed by atoms with Crippen LogP contribution in [0.15, 0.2) is 41.8 Å². The van der Waals surface area contributed by atoms with Crippen molar-refractivity contribution in [3.05, 3.63) is 64.2 Å². The molecule has 0 fully saturated rings. The maximum Gasteiger partial charge on any atom is 0.257 e. The lowest BCUT2D eigenvalue weighted by atomic mass is 10.1. The summed E-state index contributed by atoms with van der Waals surface area (Å²) >= 11 is 1.27. The molecule has 3 aromatic rings. The number of aromatic nitrogens is 1. The molecule has 1 aromatic heterocycles. The standard InChI is InChI=1S/C21H19N3O4S/c1-12-3-4-13(2)16(7-12)23-19(25)9-15-10-29-21(22-15)24-20(26)14-5-6-17-18(8-14)28-11-27-17/h3-8,10H,9,11H2,1-2H3,(H,23,25)(H,22,24,26). The molecule has 29 heavy (non-hydrogen) atoms. The number of aryl methyl sites for hydroxylation is 2. The number of fused-ring (bicyclic) bond motifs is 1. The minimum atomic E-state index is -0.302. The third-order valence-electron chi connectivity index (χ3n) is 4.42. The molecule has 7 nitrogen and oxygen atoms in total. The fourth-order valence-electron chi connectivity index (χ4n) is 2.88. The molecule has 0 saturated heterocycles. The molecule has 2 aromatic carbocycles. The van der Waals surface area contributed by atoms with E-state index in [4.69, 9.17) is 9.47 Å². The summed E-state index contributed by atoms with van der Waals surface area (Å²) in [5, 5.41) is 7.86. The second kappa shape index (κ2) is 7.92. The average Bonchev–Trinajstić information content (AvgIpc) is 3.33. The maximum absolute atomic E-state index is 12.4. The molecular formula is C21H19N3O4S. The number of hydrogen-bond acceptors (Lipinski definition) is 6. The number of carbonyl (C=O) groups excluding carboxylic acids is 2. The highest BCUT2D eigenvalue weighted by Crippen LogP contribution is 2.32. The van der Waals surface area contributed by atoms with Crippen LogP contribution in [0, 0.1) is 13.8 Å². The first-order valence-corrected chi connectivity index (χ1v) is 9.88. The zero-order valence-corrected chi connectivity index (χ0v) is 16.8.